The molecule has 2 aromatic carbocycles. The zero-order chi connectivity index (χ0) is 28.5. The highest BCUT2D eigenvalue weighted by atomic mass is 19.1. The summed E-state index contributed by atoms with van der Waals surface area (Å²) in [6.45, 7) is 17.0. The summed E-state index contributed by atoms with van der Waals surface area (Å²) in [5, 5.41) is 0. The second-order valence-corrected chi connectivity index (χ2v) is 12.8. The van der Waals surface area contributed by atoms with Crippen LogP contribution in [0.25, 0.3) is 0 Å². The molecule has 5 nitrogen and oxygen atoms in total. The van der Waals surface area contributed by atoms with Crippen molar-refractivity contribution in [3.63, 3.8) is 0 Å². The SMILES string of the molecule is CC(C)COc1ccc(CC(=O)N(Cc2ccc(F)cc2)C2CCN(CCCN3CC(C)CC(C)C3)CC2)cc1. The average Bonchev–Trinajstić information content (AvgIpc) is 2.92. The first kappa shape index (κ1) is 30.5. The van der Waals surface area contributed by atoms with Crippen molar-refractivity contribution in [3.8, 4) is 5.75 Å². The number of hydrogen-bond acceptors (Lipinski definition) is 4. The molecule has 0 radical (unpaired) electrons. The fourth-order valence-corrected chi connectivity index (χ4v) is 6.40. The molecule has 220 valence electrons. The minimum absolute atomic E-state index is 0.131. The molecule has 2 heterocycles. The topological polar surface area (TPSA) is 36.0 Å². The third-order valence-electron chi connectivity index (χ3n) is 8.34. The van der Waals surface area contributed by atoms with Crippen LogP contribution in [-0.2, 0) is 17.8 Å². The van der Waals surface area contributed by atoms with Gasteiger partial charge in [0.1, 0.15) is 11.6 Å². The standard InChI is InChI=1S/C34H50FN3O2/c1-26(2)25-40-33-12-8-29(9-13-33)21-34(39)38(24-30-6-10-31(35)11-7-30)32-14-18-36(19-15-32)16-5-17-37-22-27(3)20-28(4)23-37/h6-13,26-28,32H,5,14-25H2,1-4H3. The summed E-state index contributed by atoms with van der Waals surface area (Å²) in [7, 11) is 0. The van der Waals surface area contributed by atoms with E-state index in [1.54, 1.807) is 12.1 Å². The maximum absolute atomic E-state index is 13.7. The van der Waals surface area contributed by atoms with Crippen molar-refractivity contribution in [2.75, 3.05) is 45.9 Å². The van der Waals surface area contributed by atoms with Gasteiger partial charge in [-0.25, -0.2) is 4.39 Å². The first-order valence-corrected chi connectivity index (χ1v) is 15.5. The lowest BCUT2D eigenvalue weighted by molar-refractivity contribution is -0.134. The maximum atomic E-state index is 13.7. The van der Waals surface area contributed by atoms with Gasteiger partial charge in [-0.3, -0.25) is 4.79 Å². The van der Waals surface area contributed by atoms with Crippen LogP contribution in [0.1, 0.15) is 64.5 Å². The van der Waals surface area contributed by atoms with E-state index in [0.29, 0.717) is 25.5 Å². The Morgan fingerprint density at radius 2 is 1.52 bits per heavy atom. The quantitative estimate of drug-likeness (QED) is 0.312. The average molecular weight is 552 g/mol. The summed E-state index contributed by atoms with van der Waals surface area (Å²) in [5.74, 6) is 2.80. The van der Waals surface area contributed by atoms with E-state index < -0.39 is 0 Å². The highest BCUT2D eigenvalue weighted by Crippen LogP contribution is 2.23. The predicted molar refractivity (Wildman–Crippen MR) is 161 cm³/mol. The van der Waals surface area contributed by atoms with Gasteiger partial charge in [0.15, 0.2) is 0 Å². The molecule has 1 amide bonds. The number of rotatable bonds is 12. The zero-order valence-corrected chi connectivity index (χ0v) is 25.2. The Balaban J connectivity index is 1.31. The Bertz CT molecular complexity index is 1020. The van der Waals surface area contributed by atoms with Gasteiger partial charge in [0.25, 0.3) is 0 Å². The van der Waals surface area contributed by atoms with Crippen molar-refractivity contribution in [1.82, 2.24) is 14.7 Å². The molecule has 0 N–H and O–H groups in total. The summed E-state index contributed by atoms with van der Waals surface area (Å²) < 4.78 is 19.4. The van der Waals surface area contributed by atoms with E-state index in [2.05, 4.69) is 37.5 Å². The van der Waals surface area contributed by atoms with E-state index in [1.165, 1.54) is 44.6 Å². The van der Waals surface area contributed by atoms with Crippen molar-refractivity contribution in [2.24, 2.45) is 17.8 Å². The van der Waals surface area contributed by atoms with Gasteiger partial charge < -0.3 is 19.4 Å². The number of halogens is 1. The number of piperidine rings is 2. The van der Waals surface area contributed by atoms with Crippen molar-refractivity contribution >= 4 is 5.91 Å². The summed E-state index contributed by atoms with van der Waals surface area (Å²) in [6, 6.07) is 14.7. The molecule has 2 aliphatic rings. The highest BCUT2D eigenvalue weighted by Gasteiger charge is 2.28. The van der Waals surface area contributed by atoms with Crippen molar-refractivity contribution in [3.05, 3.63) is 65.5 Å². The van der Waals surface area contributed by atoms with E-state index in [4.69, 9.17) is 4.74 Å². The van der Waals surface area contributed by atoms with Crippen LogP contribution in [0.15, 0.2) is 48.5 Å². The molecule has 2 aromatic rings. The lowest BCUT2D eigenvalue weighted by Gasteiger charge is -2.39. The first-order valence-electron chi connectivity index (χ1n) is 15.5. The molecule has 2 fully saturated rings. The van der Waals surface area contributed by atoms with E-state index in [1.807, 2.05) is 29.2 Å². The Labute approximate surface area is 241 Å². The van der Waals surface area contributed by atoms with E-state index >= 15 is 0 Å². The van der Waals surface area contributed by atoms with Crippen LogP contribution >= 0.6 is 0 Å². The van der Waals surface area contributed by atoms with Gasteiger partial charge >= 0.3 is 0 Å². The molecule has 2 aliphatic heterocycles. The Kier molecular flexibility index (Phi) is 11.4. The molecule has 40 heavy (non-hydrogen) atoms. The molecule has 2 atom stereocenters. The zero-order valence-electron chi connectivity index (χ0n) is 25.2. The van der Waals surface area contributed by atoms with Crippen LogP contribution in [0.4, 0.5) is 4.39 Å². The Morgan fingerprint density at radius 1 is 0.925 bits per heavy atom. The molecule has 0 saturated carbocycles. The minimum Gasteiger partial charge on any atom is -0.493 e. The van der Waals surface area contributed by atoms with Crippen LogP contribution in [0.5, 0.6) is 5.75 Å². The van der Waals surface area contributed by atoms with Crippen LogP contribution < -0.4 is 4.74 Å². The minimum atomic E-state index is -0.247. The summed E-state index contributed by atoms with van der Waals surface area (Å²) >= 11 is 0. The van der Waals surface area contributed by atoms with Crippen molar-refractivity contribution < 1.29 is 13.9 Å². The third-order valence-corrected chi connectivity index (χ3v) is 8.34. The molecule has 2 unspecified atom stereocenters. The predicted octanol–water partition coefficient (Wildman–Crippen LogP) is 6.26. The van der Waals surface area contributed by atoms with Gasteiger partial charge in [-0.15, -0.1) is 0 Å². The largest absolute Gasteiger partial charge is 0.493 e. The number of amides is 1. The van der Waals surface area contributed by atoms with Gasteiger partial charge in [-0.05, 0) is 91.9 Å². The first-order chi connectivity index (χ1) is 19.2. The number of likely N-dealkylation sites (tertiary alicyclic amines) is 2. The number of carbonyl (C=O) groups excluding carboxylic acids is 1. The summed E-state index contributed by atoms with van der Waals surface area (Å²) in [5.41, 5.74) is 1.96. The Hall–Kier alpha value is -2.44. The molecule has 0 aliphatic carbocycles. The van der Waals surface area contributed by atoms with E-state index in [-0.39, 0.29) is 17.8 Å². The fraction of sp³-hybridized carbons (Fsp3) is 0.618. The lowest BCUT2D eigenvalue weighted by Crippen LogP contribution is -2.48. The van der Waals surface area contributed by atoms with Gasteiger partial charge in [-0.1, -0.05) is 52.0 Å². The van der Waals surface area contributed by atoms with Crippen molar-refractivity contribution in [1.29, 1.82) is 0 Å². The molecule has 0 bridgehead atoms. The van der Waals surface area contributed by atoms with Crippen molar-refractivity contribution in [2.45, 2.75) is 72.4 Å². The lowest BCUT2D eigenvalue weighted by atomic mass is 9.92. The number of nitrogens with zero attached hydrogens (tertiary/aromatic N) is 3. The molecule has 0 spiro atoms. The normalized spacial score (nSPS) is 21.1. The van der Waals surface area contributed by atoms with Gasteiger partial charge in [-0.2, -0.15) is 0 Å². The fourth-order valence-electron chi connectivity index (χ4n) is 6.40. The number of ether oxygens (including phenoxy) is 1. The van der Waals surface area contributed by atoms with Crippen LogP contribution in [0, 0.1) is 23.6 Å². The maximum Gasteiger partial charge on any atom is 0.227 e. The molecule has 0 aromatic heterocycles. The number of carbonyl (C=O) groups is 1. The number of hydrogen-bond donors (Lipinski definition) is 0. The number of benzene rings is 2. The van der Waals surface area contributed by atoms with Gasteiger partial charge in [0, 0.05) is 38.8 Å². The highest BCUT2D eigenvalue weighted by molar-refractivity contribution is 5.79. The molecule has 6 heteroatoms. The molecular formula is C34H50FN3O2. The molecule has 4 rings (SSSR count). The Morgan fingerprint density at radius 3 is 2.15 bits per heavy atom. The second-order valence-electron chi connectivity index (χ2n) is 12.8. The second kappa shape index (κ2) is 15.0. The van der Waals surface area contributed by atoms with Crippen LogP contribution in [-0.4, -0.2) is 72.5 Å². The van der Waals surface area contributed by atoms with E-state index in [9.17, 15) is 9.18 Å². The monoisotopic (exact) mass is 551 g/mol. The van der Waals surface area contributed by atoms with Gasteiger partial charge in [0.2, 0.25) is 5.91 Å². The third kappa shape index (κ3) is 9.59. The molecule has 2 saturated heterocycles. The smallest absolute Gasteiger partial charge is 0.227 e. The van der Waals surface area contributed by atoms with Gasteiger partial charge in [0.05, 0.1) is 13.0 Å². The summed E-state index contributed by atoms with van der Waals surface area (Å²) in [6.07, 6.45) is 4.88. The summed E-state index contributed by atoms with van der Waals surface area (Å²) in [4.78, 5) is 20.9. The van der Waals surface area contributed by atoms with Crippen LogP contribution in [0.3, 0.4) is 0 Å². The van der Waals surface area contributed by atoms with Crippen LogP contribution in [0.2, 0.25) is 0 Å². The molecular weight excluding hydrogens is 501 g/mol. The van der Waals surface area contributed by atoms with E-state index in [0.717, 1.165) is 61.2 Å².